The summed E-state index contributed by atoms with van der Waals surface area (Å²) in [5.41, 5.74) is 4.41. The van der Waals surface area contributed by atoms with Crippen LogP contribution in [0.2, 0.25) is 5.02 Å². The zero-order chi connectivity index (χ0) is 20.8. The molecule has 0 saturated carbocycles. The van der Waals surface area contributed by atoms with E-state index in [-0.39, 0.29) is 0 Å². The van der Waals surface area contributed by atoms with E-state index >= 15 is 0 Å². The molecule has 0 aliphatic carbocycles. The Bertz CT molecular complexity index is 1150. The second-order valence-corrected chi connectivity index (χ2v) is 7.65. The standard InChI is InChI=1S/C26H25ClN2O/c1-2-10-20-11-4-8-16-25(20)30-18-9-17-29-24-15-7-6-14-23(24)28-26(29)19-21-12-3-5-13-22(21)27/h2-8,11-16H,1,9-10,17-19H2. The van der Waals surface area contributed by atoms with Crippen LogP contribution in [0.1, 0.15) is 23.4 Å². The van der Waals surface area contributed by atoms with Crippen LogP contribution in [0.15, 0.2) is 85.5 Å². The number of para-hydroxylation sites is 3. The highest BCUT2D eigenvalue weighted by molar-refractivity contribution is 6.31. The Kier molecular flexibility index (Phi) is 6.50. The van der Waals surface area contributed by atoms with E-state index in [4.69, 9.17) is 21.3 Å². The van der Waals surface area contributed by atoms with Gasteiger partial charge in [-0.15, -0.1) is 6.58 Å². The molecule has 0 fully saturated rings. The maximum absolute atomic E-state index is 6.40. The number of hydrogen-bond acceptors (Lipinski definition) is 2. The van der Waals surface area contributed by atoms with E-state index in [2.05, 4.69) is 41.5 Å². The van der Waals surface area contributed by atoms with E-state index in [1.807, 2.05) is 48.5 Å². The number of allylic oxidation sites excluding steroid dienone is 1. The van der Waals surface area contributed by atoms with Gasteiger partial charge in [-0.05, 0) is 48.2 Å². The Morgan fingerprint density at radius 1 is 0.933 bits per heavy atom. The third-order valence-corrected chi connectivity index (χ3v) is 5.53. The number of nitrogens with zero attached hydrogens (tertiary/aromatic N) is 2. The van der Waals surface area contributed by atoms with Crippen LogP contribution in [-0.4, -0.2) is 16.2 Å². The van der Waals surface area contributed by atoms with Crippen molar-refractivity contribution in [3.8, 4) is 5.75 Å². The van der Waals surface area contributed by atoms with E-state index in [9.17, 15) is 0 Å². The Hall–Kier alpha value is -3.04. The van der Waals surface area contributed by atoms with Gasteiger partial charge >= 0.3 is 0 Å². The molecule has 1 aromatic heterocycles. The van der Waals surface area contributed by atoms with Crippen molar-refractivity contribution in [3.63, 3.8) is 0 Å². The predicted octanol–water partition coefficient (Wildman–Crippen LogP) is 6.48. The number of aromatic nitrogens is 2. The topological polar surface area (TPSA) is 27.1 Å². The predicted molar refractivity (Wildman–Crippen MR) is 124 cm³/mol. The molecule has 1 heterocycles. The molecule has 4 heteroatoms. The molecule has 0 spiro atoms. The van der Waals surface area contributed by atoms with Crippen LogP contribution in [-0.2, 0) is 19.4 Å². The quantitative estimate of drug-likeness (QED) is 0.230. The summed E-state index contributed by atoms with van der Waals surface area (Å²) >= 11 is 6.40. The normalized spacial score (nSPS) is 11.0. The highest BCUT2D eigenvalue weighted by Crippen LogP contribution is 2.23. The molecule has 4 aromatic rings. The van der Waals surface area contributed by atoms with Crippen molar-refractivity contribution >= 4 is 22.6 Å². The summed E-state index contributed by atoms with van der Waals surface area (Å²) in [4.78, 5) is 4.88. The lowest BCUT2D eigenvalue weighted by atomic mass is 10.1. The van der Waals surface area contributed by atoms with Gasteiger partial charge in [0.15, 0.2) is 0 Å². The van der Waals surface area contributed by atoms with Crippen LogP contribution in [0.25, 0.3) is 11.0 Å². The molecule has 0 unspecified atom stereocenters. The summed E-state index contributed by atoms with van der Waals surface area (Å²) in [6.45, 7) is 5.31. The molecule has 0 radical (unpaired) electrons. The lowest BCUT2D eigenvalue weighted by Crippen LogP contribution is -2.09. The van der Waals surface area contributed by atoms with Crippen molar-refractivity contribution in [2.45, 2.75) is 25.8 Å². The number of ether oxygens (including phenoxy) is 1. The smallest absolute Gasteiger partial charge is 0.122 e. The molecule has 0 atom stereocenters. The summed E-state index contributed by atoms with van der Waals surface area (Å²) < 4.78 is 8.36. The fraction of sp³-hybridized carbons (Fsp3) is 0.192. The summed E-state index contributed by atoms with van der Waals surface area (Å²) in [5, 5.41) is 0.776. The largest absolute Gasteiger partial charge is 0.493 e. The van der Waals surface area contributed by atoms with Crippen LogP contribution >= 0.6 is 11.6 Å². The molecular weight excluding hydrogens is 392 g/mol. The minimum Gasteiger partial charge on any atom is -0.493 e. The van der Waals surface area contributed by atoms with Gasteiger partial charge in [0.1, 0.15) is 11.6 Å². The van der Waals surface area contributed by atoms with E-state index in [0.717, 1.165) is 52.6 Å². The van der Waals surface area contributed by atoms with Gasteiger partial charge in [-0.25, -0.2) is 4.98 Å². The van der Waals surface area contributed by atoms with Gasteiger partial charge in [0, 0.05) is 18.0 Å². The maximum Gasteiger partial charge on any atom is 0.122 e. The first-order valence-corrected chi connectivity index (χ1v) is 10.6. The first-order valence-electron chi connectivity index (χ1n) is 10.3. The molecule has 0 aliphatic heterocycles. The highest BCUT2D eigenvalue weighted by Gasteiger charge is 2.12. The van der Waals surface area contributed by atoms with Gasteiger partial charge in [0.05, 0.1) is 17.6 Å². The van der Waals surface area contributed by atoms with Crippen molar-refractivity contribution in [2.24, 2.45) is 0 Å². The summed E-state index contributed by atoms with van der Waals surface area (Å²) in [7, 11) is 0. The molecule has 0 bridgehead atoms. The van der Waals surface area contributed by atoms with Crippen molar-refractivity contribution in [2.75, 3.05) is 6.61 Å². The summed E-state index contributed by atoms with van der Waals surface area (Å²) in [6.07, 6.45) is 4.31. The third-order valence-electron chi connectivity index (χ3n) is 5.16. The number of aryl methyl sites for hydroxylation is 1. The van der Waals surface area contributed by atoms with Gasteiger partial charge in [-0.3, -0.25) is 0 Å². The van der Waals surface area contributed by atoms with E-state index in [1.165, 1.54) is 5.56 Å². The van der Waals surface area contributed by atoms with Gasteiger partial charge < -0.3 is 9.30 Å². The van der Waals surface area contributed by atoms with Gasteiger partial charge in [-0.1, -0.05) is 66.2 Å². The van der Waals surface area contributed by atoms with Crippen molar-refractivity contribution in [3.05, 3.63) is 107 Å². The average Bonchev–Trinajstić information content (AvgIpc) is 3.11. The van der Waals surface area contributed by atoms with Crippen LogP contribution < -0.4 is 4.74 Å². The number of fused-ring (bicyclic) bond motifs is 1. The second kappa shape index (κ2) is 9.64. The van der Waals surface area contributed by atoms with Crippen molar-refractivity contribution in [1.82, 2.24) is 9.55 Å². The molecule has 0 N–H and O–H groups in total. The second-order valence-electron chi connectivity index (χ2n) is 7.24. The lowest BCUT2D eigenvalue weighted by molar-refractivity contribution is 0.299. The highest BCUT2D eigenvalue weighted by atomic mass is 35.5. The Morgan fingerprint density at radius 2 is 1.67 bits per heavy atom. The minimum atomic E-state index is 0.645. The van der Waals surface area contributed by atoms with Crippen LogP contribution in [0.3, 0.4) is 0 Å². The third kappa shape index (κ3) is 4.58. The fourth-order valence-corrected chi connectivity index (χ4v) is 3.90. The number of rotatable bonds is 9. The van der Waals surface area contributed by atoms with Gasteiger partial charge in [0.25, 0.3) is 0 Å². The van der Waals surface area contributed by atoms with Crippen molar-refractivity contribution < 1.29 is 4.74 Å². The van der Waals surface area contributed by atoms with Crippen LogP contribution in [0.5, 0.6) is 5.75 Å². The van der Waals surface area contributed by atoms with Crippen LogP contribution in [0.4, 0.5) is 0 Å². The molecule has 0 aliphatic rings. The maximum atomic E-state index is 6.40. The summed E-state index contributed by atoms with van der Waals surface area (Å²) in [5.74, 6) is 1.96. The molecule has 30 heavy (non-hydrogen) atoms. The Labute approximate surface area is 182 Å². The zero-order valence-electron chi connectivity index (χ0n) is 16.9. The molecule has 3 aromatic carbocycles. The monoisotopic (exact) mass is 416 g/mol. The van der Waals surface area contributed by atoms with Crippen LogP contribution in [0, 0.1) is 0 Å². The molecule has 0 amide bonds. The number of hydrogen-bond donors (Lipinski definition) is 0. The molecule has 4 rings (SSSR count). The molecule has 152 valence electrons. The zero-order valence-corrected chi connectivity index (χ0v) is 17.7. The molecule has 3 nitrogen and oxygen atoms in total. The summed E-state index contributed by atoms with van der Waals surface area (Å²) in [6, 6.07) is 24.4. The first kappa shape index (κ1) is 20.2. The lowest BCUT2D eigenvalue weighted by Gasteiger charge is -2.13. The number of imidazole rings is 1. The first-order chi connectivity index (χ1) is 14.8. The van der Waals surface area contributed by atoms with Gasteiger partial charge in [-0.2, -0.15) is 0 Å². The SMILES string of the molecule is C=CCc1ccccc1OCCCn1c(Cc2ccccc2Cl)nc2ccccc21. The minimum absolute atomic E-state index is 0.645. The van der Waals surface area contributed by atoms with E-state index in [1.54, 1.807) is 0 Å². The Morgan fingerprint density at radius 3 is 2.50 bits per heavy atom. The van der Waals surface area contributed by atoms with Gasteiger partial charge in [0.2, 0.25) is 0 Å². The molecular formula is C26H25ClN2O. The van der Waals surface area contributed by atoms with Crippen molar-refractivity contribution in [1.29, 1.82) is 0 Å². The van der Waals surface area contributed by atoms with E-state index in [0.29, 0.717) is 13.0 Å². The number of benzene rings is 3. The molecule has 0 saturated heterocycles. The number of halogens is 1. The van der Waals surface area contributed by atoms with E-state index < -0.39 is 0 Å². The Balaban J connectivity index is 1.49. The average molecular weight is 417 g/mol. The fourth-order valence-electron chi connectivity index (χ4n) is 3.70.